The highest BCUT2D eigenvalue weighted by Crippen LogP contribution is 2.33. The molecule has 0 unspecified atom stereocenters. The van der Waals surface area contributed by atoms with Gasteiger partial charge in [0.2, 0.25) is 0 Å². The minimum atomic E-state index is -0.426. The van der Waals surface area contributed by atoms with Crippen molar-refractivity contribution in [1.82, 2.24) is 0 Å². The van der Waals surface area contributed by atoms with Gasteiger partial charge in [-0.3, -0.25) is 0 Å². The second-order valence-electron chi connectivity index (χ2n) is 3.46. The highest BCUT2D eigenvalue weighted by atomic mass is 35.5. The van der Waals surface area contributed by atoms with E-state index >= 15 is 0 Å². The van der Waals surface area contributed by atoms with Gasteiger partial charge in [0.05, 0.1) is 29.3 Å². The molecule has 0 saturated heterocycles. The van der Waals surface area contributed by atoms with Crippen LogP contribution in [0.1, 0.15) is 30.1 Å². The number of unbranched alkanes of at least 4 members (excludes halogenated alkanes) is 1. The topological polar surface area (TPSA) is 35.5 Å². The van der Waals surface area contributed by atoms with Crippen LogP contribution in [0.4, 0.5) is 0 Å². The third-order valence-corrected chi connectivity index (χ3v) is 2.73. The van der Waals surface area contributed by atoms with Gasteiger partial charge < -0.3 is 9.47 Å². The van der Waals surface area contributed by atoms with Crippen LogP contribution in [0.15, 0.2) is 12.1 Å². The van der Waals surface area contributed by atoms with E-state index in [0.29, 0.717) is 28.0 Å². The molecule has 0 spiro atoms. The standard InChI is InChI=1S/C12H14Cl2O3/c1-3-4-5-17-12(15)8-6-9(13)11(16-2)10(14)7-8/h6-7H,3-5H2,1-2H3. The maximum absolute atomic E-state index is 11.6. The summed E-state index contributed by atoms with van der Waals surface area (Å²) < 4.78 is 10.0. The van der Waals surface area contributed by atoms with Crippen LogP contribution < -0.4 is 4.74 Å². The summed E-state index contributed by atoms with van der Waals surface area (Å²) >= 11 is 11.8. The summed E-state index contributed by atoms with van der Waals surface area (Å²) in [5, 5.41) is 0.588. The van der Waals surface area contributed by atoms with Crippen LogP contribution in [0.2, 0.25) is 10.0 Å². The Morgan fingerprint density at radius 1 is 1.29 bits per heavy atom. The third kappa shape index (κ3) is 3.79. The number of carbonyl (C=O) groups excluding carboxylic acids is 1. The predicted octanol–water partition coefficient (Wildman–Crippen LogP) is 3.96. The minimum Gasteiger partial charge on any atom is -0.494 e. The van der Waals surface area contributed by atoms with E-state index < -0.39 is 5.97 Å². The van der Waals surface area contributed by atoms with E-state index in [1.807, 2.05) is 6.92 Å². The van der Waals surface area contributed by atoms with Crippen molar-refractivity contribution in [2.75, 3.05) is 13.7 Å². The van der Waals surface area contributed by atoms with Crippen molar-refractivity contribution in [2.24, 2.45) is 0 Å². The van der Waals surface area contributed by atoms with Crippen LogP contribution in [0, 0.1) is 0 Å². The summed E-state index contributed by atoms with van der Waals surface area (Å²) in [6.45, 7) is 2.42. The number of hydrogen-bond donors (Lipinski definition) is 0. The van der Waals surface area contributed by atoms with Gasteiger partial charge in [0.15, 0.2) is 5.75 Å². The van der Waals surface area contributed by atoms with Crippen LogP contribution in [-0.4, -0.2) is 19.7 Å². The quantitative estimate of drug-likeness (QED) is 0.603. The van der Waals surface area contributed by atoms with Crippen molar-refractivity contribution < 1.29 is 14.3 Å². The highest BCUT2D eigenvalue weighted by Gasteiger charge is 2.14. The first-order chi connectivity index (χ1) is 8.10. The number of rotatable bonds is 5. The average molecular weight is 277 g/mol. The molecule has 5 heteroatoms. The van der Waals surface area contributed by atoms with Crippen molar-refractivity contribution in [1.29, 1.82) is 0 Å². The van der Waals surface area contributed by atoms with E-state index in [9.17, 15) is 4.79 Å². The zero-order valence-corrected chi connectivity index (χ0v) is 11.3. The van der Waals surface area contributed by atoms with E-state index in [0.717, 1.165) is 12.8 Å². The van der Waals surface area contributed by atoms with Crippen molar-refractivity contribution in [3.8, 4) is 5.75 Å². The smallest absolute Gasteiger partial charge is 0.338 e. The molecule has 0 aliphatic heterocycles. The number of methoxy groups -OCH3 is 1. The lowest BCUT2D eigenvalue weighted by molar-refractivity contribution is 0.0499. The second kappa shape index (κ2) is 6.72. The molecular formula is C12H14Cl2O3. The molecular weight excluding hydrogens is 263 g/mol. The Morgan fingerprint density at radius 3 is 2.35 bits per heavy atom. The molecule has 0 bridgehead atoms. The number of benzene rings is 1. The van der Waals surface area contributed by atoms with Crippen LogP contribution in [-0.2, 0) is 4.74 Å². The van der Waals surface area contributed by atoms with Gasteiger partial charge in [-0.2, -0.15) is 0 Å². The fourth-order valence-corrected chi connectivity index (χ4v) is 1.91. The molecule has 0 aliphatic carbocycles. The molecule has 0 N–H and O–H groups in total. The average Bonchev–Trinajstić information content (AvgIpc) is 2.28. The summed E-state index contributed by atoms with van der Waals surface area (Å²) in [6.07, 6.45) is 1.81. The van der Waals surface area contributed by atoms with Gasteiger partial charge in [-0.25, -0.2) is 4.79 Å². The Hall–Kier alpha value is -0.930. The van der Waals surface area contributed by atoms with Crippen molar-refractivity contribution in [2.45, 2.75) is 19.8 Å². The molecule has 0 radical (unpaired) electrons. The number of halogens is 2. The Balaban J connectivity index is 2.81. The van der Waals surface area contributed by atoms with Gasteiger partial charge >= 0.3 is 5.97 Å². The number of carbonyl (C=O) groups is 1. The molecule has 0 aromatic heterocycles. The maximum Gasteiger partial charge on any atom is 0.338 e. The summed E-state index contributed by atoms with van der Waals surface area (Å²) in [5.41, 5.74) is 0.330. The van der Waals surface area contributed by atoms with Gasteiger partial charge in [-0.15, -0.1) is 0 Å². The van der Waals surface area contributed by atoms with E-state index in [2.05, 4.69) is 0 Å². The SMILES string of the molecule is CCCCOC(=O)c1cc(Cl)c(OC)c(Cl)c1. The highest BCUT2D eigenvalue weighted by molar-refractivity contribution is 6.37. The monoisotopic (exact) mass is 276 g/mol. The molecule has 3 nitrogen and oxygen atoms in total. The number of hydrogen-bond acceptors (Lipinski definition) is 3. The summed E-state index contributed by atoms with van der Waals surface area (Å²) in [4.78, 5) is 11.6. The van der Waals surface area contributed by atoms with Crippen LogP contribution in [0.3, 0.4) is 0 Å². The Labute approximate surface area is 111 Å². The molecule has 0 aliphatic rings. The van der Waals surface area contributed by atoms with Crippen LogP contribution in [0.5, 0.6) is 5.75 Å². The van der Waals surface area contributed by atoms with Crippen LogP contribution in [0.25, 0.3) is 0 Å². The van der Waals surface area contributed by atoms with E-state index in [-0.39, 0.29) is 0 Å². The minimum absolute atomic E-state index is 0.294. The lowest BCUT2D eigenvalue weighted by Crippen LogP contribution is -2.06. The molecule has 0 amide bonds. The zero-order chi connectivity index (χ0) is 12.8. The van der Waals surface area contributed by atoms with Gasteiger partial charge in [0.1, 0.15) is 0 Å². The fourth-order valence-electron chi connectivity index (χ4n) is 1.27. The summed E-state index contributed by atoms with van der Waals surface area (Å²) in [5.74, 6) is -0.0663. The predicted molar refractivity (Wildman–Crippen MR) is 68.2 cm³/mol. The molecule has 0 atom stereocenters. The molecule has 1 aromatic rings. The maximum atomic E-state index is 11.6. The zero-order valence-electron chi connectivity index (χ0n) is 9.76. The van der Waals surface area contributed by atoms with Crippen molar-refractivity contribution in [3.63, 3.8) is 0 Å². The molecule has 0 saturated carbocycles. The van der Waals surface area contributed by atoms with E-state index in [4.69, 9.17) is 32.7 Å². The first-order valence-corrected chi connectivity index (χ1v) is 6.05. The second-order valence-corrected chi connectivity index (χ2v) is 4.28. The lowest BCUT2D eigenvalue weighted by Gasteiger charge is -2.08. The fraction of sp³-hybridized carbons (Fsp3) is 0.417. The molecule has 1 rings (SSSR count). The van der Waals surface area contributed by atoms with E-state index in [1.165, 1.54) is 19.2 Å². The molecule has 1 aromatic carbocycles. The van der Waals surface area contributed by atoms with Crippen molar-refractivity contribution >= 4 is 29.2 Å². The lowest BCUT2D eigenvalue weighted by atomic mass is 10.2. The molecule has 94 valence electrons. The Bertz CT molecular complexity index is 382. The number of esters is 1. The first kappa shape index (κ1) is 14.1. The largest absolute Gasteiger partial charge is 0.494 e. The molecule has 17 heavy (non-hydrogen) atoms. The van der Waals surface area contributed by atoms with E-state index in [1.54, 1.807) is 0 Å². The first-order valence-electron chi connectivity index (χ1n) is 5.30. The van der Waals surface area contributed by atoms with Gasteiger partial charge in [-0.1, -0.05) is 36.5 Å². The van der Waals surface area contributed by atoms with Crippen molar-refractivity contribution in [3.05, 3.63) is 27.7 Å². The molecule has 0 heterocycles. The van der Waals surface area contributed by atoms with Gasteiger partial charge in [-0.05, 0) is 18.6 Å². The molecule has 0 fully saturated rings. The number of ether oxygens (including phenoxy) is 2. The van der Waals surface area contributed by atoms with Gasteiger partial charge in [0.25, 0.3) is 0 Å². The van der Waals surface area contributed by atoms with Crippen LogP contribution >= 0.6 is 23.2 Å². The Kier molecular flexibility index (Phi) is 5.59. The normalized spacial score (nSPS) is 10.1. The Morgan fingerprint density at radius 2 is 1.88 bits per heavy atom. The third-order valence-electron chi connectivity index (χ3n) is 2.17. The van der Waals surface area contributed by atoms with Gasteiger partial charge in [0, 0.05) is 0 Å². The summed E-state index contributed by atoms with van der Waals surface area (Å²) in [7, 11) is 1.46. The summed E-state index contributed by atoms with van der Waals surface area (Å²) in [6, 6.07) is 2.97.